The van der Waals surface area contributed by atoms with Gasteiger partial charge in [0.05, 0.1) is 6.54 Å². The lowest BCUT2D eigenvalue weighted by Crippen LogP contribution is -2.02. The number of hydrogen-bond donors (Lipinski definition) is 1. The molecule has 3 aromatic rings. The number of para-hydroxylation sites is 1. The third kappa shape index (κ3) is 2.59. The van der Waals surface area contributed by atoms with Gasteiger partial charge in [0.2, 0.25) is 0 Å². The van der Waals surface area contributed by atoms with Crippen LogP contribution in [-0.2, 0) is 13.0 Å². The van der Waals surface area contributed by atoms with Gasteiger partial charge >= 0.3 is 0 Å². The number of nitrogens with zero attached hydrogens (tertiary/aromatic N) is 1. The Morgan fingerprint density at radius 2 is 1.91 bits per heavy atom. The van der Waals surface area contributed by atoms with Crippen molar-refractivity contribution in [3.8, 4) is 5.75 Å². The molecule has 1 N–H and O–H groups in total. The predicted molar refractivity (Wildman–Crippen MR) is 92.9 cm³/mol. The molecule has 0 aliphatic carbocycles. The minimum absolute atomic E-state index is 0.342. The SMILES string of the molecule is CCCc1c(C)n(Cc2ccccc2O)c2ccc(Cl)cc12. The van der Waals surface area contributed by atoms with Crippen molar-refractivity contribution in [2.75, 3.05) is 0 Å². The third-order valence-corrected chi connectivity index (χ3v) is 4.47. The Morgan fingerprint density at radius 1 is 1.14 bits per heavy atom. The smallest absolute Gasteiger partial charge is 0.120 e. The first-order valence-corrected chi connectivity index (χ1v) is 8.03. The highest BCUT2D eigenvalue weighted by Crippen LogP contribution is 2.31. The summed E-state index contributed by atoms with van der Waals surface area (Å²) in [7, 11) is 0. The van der Waals surface area contributed by atoms with E-state index >= 15 is 0 Å². The molecule has 0 saturated carbocycles. The quantitative estimate of drug-likeness (QED) is 0.693. The van der Waals surface area contributed by atoms with Crippen molar-refractivity contribution in [1.82, 2.24) is 4.57 Å². The molecule has 0 saturated heterocycles. The van der Waals surface area contributed by atoms with Crippen LogP contribution in [0, 0.1) is 6.92 Å². The highest BCUT2D eigenvalue weighted by Gasteiger charge is 2.15. The summed E-state index contributed by atoms with van der Waals surface area (Å²) in [6.45, 7) is 5.01. The fourth-order valence-corrected chi connectivity index (χ4v) is 3.28. The number of halogens is 1. The number of phenols is 1. The monoisotopic (exact) mass is 313 g/mol. The van der Waals surface area contributed by atoms with E-state index in [0.717, 1.165) is 23.4 Å². The minimum Gasteiger partial charge on any atom is -0.508 e. The van der Waals surface area contributed by atoms with E-state index in [2.05, 4.69) is 30.5 Å². The van der Waals surface area contributed by atoms with Gasteiger partial charge in [-0.3, -0.25) is 0 Å². The van der Waals surface area contributed by atoms with Crippen LogP contribution in [0.25, 0.3) is 10.9 Å². The Morgan fingerprint density at radius 3 is 2.64 bits per heavy atom. The van der Waals surface area contributed by atoms with E-state index in [1.54, 1.807) is 6.07 Å². The predicted octanol–water partition coefficient (Wildman–Crippen LogP) is 5.31. The zero-order chi connectivity index (χ0) is 15.7. The first kappa shape index (κ1) is 15.0. The van der Waals surface area contributed by atoms with Gasteiger partial charge in [0, 0.05) is 27.2 Å². The maximum absolute atomic E-state index is 10.1. The van der Waals surface area contributed by atoms with Crippen LogP contribution >= 0.6 is 11.6 Å². The average Bonchev–Trinajstić information content (AvgIpc) is 2.75. The van der Waals surface area contributed by atoms with Crippen LogP contribution in [0.5, 0.6) is 5.75 Å². The number of benzene rings is 2. The van der Waals surface area contributed by atoms with Crippen molar-refractivity contribution < 1.29 is 5.11 Å². The van der Waals surface area contributed by atoms with E-state index in [1.165, 1.54) is 22.2 Å². The van der Waals surface area contributed by atoms with E-state index in [-0.39, 0.29) is 0 Å². The number of aryl methyl sites for hydroxylation is 1. The molecular weight excluding hydrogens is 294 g/mol. The van der Waals surface area contributed by atoms with Crippen molar-refractivity contribution in [3.63, 3.8) is 0 Å². The van der Waals surface area contributed by atoms with Gasteiger partial charge < -0.3 is 9.67 Å². The van der Waals surface area contributed by atoms with Crippen LogP contribution in [-0.4, -0.2) is 9.67 Å². The van der Waals surface area contributed by atoms with Gasteiger partial charge in [0.15, 0.2) is 0 Å². The molecule has 0 atom stereocenters. The Balaban J connectivity index is 2.17. The molecule has 3 heteroatoms. The van der Waals surface area contributed by atoms with Crippen molar-refractivity contribution >= 4 is 22.5 Å². The summed E-state index contributed by atoms with van der Waals surface area (Å²) in [5, 5.41) is 12.0. The van der Waals surface area contributed by atoms with Crippen LogP contribution < -0.4 is 0 Å². The molecule has 0 spiro atoms. The lowest BCUT2D eigenvalue weighted by atomic mass is 10.1. The van der Waals surface area contributed by atoms with Crippen LogP contribution in [0.15, 0.2) is 42.5 Å². The number of rotatable bonds is 4. The van der Waals surface area contributed by atoms with Gasteiger partial charge in [-0.2, -0.15) is 0 Å². The fraction of sp³-hybridized carbons (Fsp3) is 0.263. The zero-order valence-corrected chi connectivity index (χ0v) is 13.7. The average molecular weight is 314 g/mol. The number of aromatic hydroxyl groups is 1. The molecule has 114 valence electrons. The summed E-state index contributed by atoms with van der Waals surface area (Å²) in [6.07, 6.45) is 2.14. The van der Waals surface area contributed by atoms with E-state index < -0.39 is 0 Å². The van der Waals surface area contributed by atoms with Gasteiger partial charge in [-0.25, -0.2) is 0 Å². The molecule has 0 radical (unpaired) electrons. The molecule has 3 rings (SSSR count). The molecule has 0 bridgehead atoms. The Labute approximate surface area is 136 Å². The van der Waals surface area contributed by atoms with Gasteiger partial charge in [0.1, 0.15) is 5.75 Å². The van der Waals surface area contributed by atoms with E-state index in [1.807, 2.05) is 24.3 Å². The molecule has 2 aromatic carbocycles. The van der Waals surface area contributed by atoms with Gasteiger partial charge in [-0.15, -0.1) is 0 Å². The highest BCUT2D eigenvalue weighted by atomic mass is 35.5. The van der Waals surface area contributed by atoms with Gasteiger partial charge in [0.25, 0.3) is 0 Å². The molecule has 0 unspecified atom stereocenters. The topological polar surface area (TPSA) is 25.2 Å². The van der Waals surface area contributed by atoms with E-state index in [9.17, 15) is 5.11 Å². The van der Waals surface area contributed by atoms with Crippen molar-refractivity contribution in [2.45, 2.75) is 33.2 Å². The van der Waals surface area contributed by atoms with Crippen LogP contribution in [0.2, 0.25) is 5.02 Å². The molecule has 1 heterocycles. The van der Waals surface area contributed by atoms with Crippen LogP contribution in [0.4, 0.5) is 0 Å². The van der Waals surface area contributed by atoms with Crippen LogP contribution in [0.3, 0.4) is 0 Å². The molecule has 1 aromatic heterocycles. The molecule has 0 fully saturated rings. The van der Waals surface area contributed by atoms with Crippen molar-refractivity contribution in [2.24, 2.45) is 0 Å². The summed E-state index contributed by atoms with van der Waals surface area (Å²) in [4.78, 5) is 0. The highest BCUT2D eigenvalue weighted by molar-refractivity contribution is 6.31. The number of aromatic nitrogens is 1. The molecule has 0 aliphatic heterocycles. The first-order valence-electron chi connectivity index (χ1n) is 7.66. The summed E-state index contributed by atoms with van der Waals surface area (Å²) >= 11 is 6.19. The standard InChI is InChI=1S/C19H20ClNO/c1-3-6-16-13(2)21(12-14-7-4-5-8-19(14)22)18-10-9-15(20)11-17(16)18/h4-5,7-11,22H,3,6,12H2,1-2H3. The Kier molecular flexibility index (Phi) is 4.12. The fourth-order valence-electron chi connectivity index (χ4n) is 3.11. The number of fused-ring (bicyclic) bond motifs is 1. The third-order valence-electron chi connectivity index (χ3n) is 4.24. The molecule has 0 aliphatic rings. The Bertz CT molecular complexity index is 820. The van der Waals surface area contributed by atoms with Crippen molar-refractivity contribution in [1.29, 1.82) is 0 Å². The zero-order valence-electron chi connectivity index (χ0n) is 12.9. The van der Waals surface area contributed by atoms with E-state index in [0.29, 0.717) is 12.3 Å². The second-order valence-electron chi connectivity index (χ2n) is 5.69. The van der Waals surface area contributed by atoms with Crippen molar-refractivity contribution in [3.05, 3.63) is 64.3 Å². The molecular formula is C19H20ClNO. The first-order chi connectivity index (χ1) is 10.6. The summed E-state index contributed by atoms with van der Waals surface area (Å²) in [5.74, 6) is 0.342. The van der Waals surface area contributed by atoms with Gasteiger partial charge in [-0.05, 0) is 43.2 Å². The van der Waals surface area contributed by atoms with Gasteiger partial charge in [-0.1, -0.05) is 43.1 Å². The van der Waals surface area contributed by atoms with Crippen LogP contribution in [0.1, 0.15) is 30.2 Å². The Hall–Kier alpha value is -1.93. The molecule has 2 nitrogen and oxygen atoms in total. The lowest BCUT2D eigenvalue weighted by molar-refractivity contribution is 0.466. The second kappa shape index (κ2) is 6.05. The normalized spacial score (nSPS) is 11.2. The maximum atomic E-state index is 10.1. The summed E-state index contributed by atoms with van der Waals surface area (Å²) in [6, 6.07) is 13.6. The number of hydrogen-bond acceptors (Lipinski definition) is 1. The molecule has 0 amide bonds. The minimum atomic E-state index is 0.342. The second-order valence-corrected chi connectivity index (χ2v) is 6.13. The lowest BCUT2D eigenvalue weighted by Gasteiger charge is -2.10. The summed E-state index contributed by atoms with van der Waals surface area (Å²) < 4.78 is 2.27. The summed E-state index contributed by atoms with van der Waals surface area (Å²) in [5.41, 5.74) is 4.71. The number of phenolic OH excluding ortho intramolecular Hbond substituents is 1. The van der Waals surface area contributed by atoms with E-state index in [4.69, 9.17) is 11.6 Å². The maximum Gasteiger partial charge on any atom is 0.120 e. The largest absolute Gasteiger partial charge is 0.508 e. The molecule has 22 heavy (non-hydrogen) atoms.